The second kappa shape index (κ2) is 9.52. The summed E-state index contributed by atoms with van der Waals surface area (Å²) in [5.41, 5.74) is 0.464. The van der Waals surface area contributed by atoms with E-state index in [1.54, 1.807) is 36.0 Å². The van der Waals surface area contributed by atoms with E-state index in [4.69, 9.17) is 16.7 Å². The number of carbonyl (C=O) groups excluding carboxylic acids is 1. The van der Waals surface area contributed by atoms with E-state index in [9.17, 15) is 9.59 Å². The van der Waals surface area contributed by atoms with Gasteiger partial charge in [-0.2, -0.15) is 11.8 Å². The highest BCUT2D eigenvalue weighted by atomic mass is 35.5. The first kappa shape index (κ1) is 17.7. The summed E-state index contributed by atoms with van der Waals surface area (Å²) in [6.07, 6.45) is 3.91. The van der Waals surface area contributed by atoms with Crippen LogP contribution in [0.25, 0.3) is 0 Å². The summed E-state index contributed by atoms with van der Waals surface area (Å²) in [5, 5.41) is 12.1. The third kappa shape index (κ3) is 6.73. The molecule has 0 saturated heterocycles. The van der Waals surface area contributed by atoms with Gasteiger partial charge in [-0.05, 0) is 43.0 Å². The van der Waals surface area contributed by atoms with Crippen LogP contribution in [0.3, 0.4) is 0 Å². The first-order valence-electron chi connectivity index (χ1n) is 6.56. The Morgan fingerprint density at radius 1 is 1.38 bits per heavy atom. The Morgan fingerprint density at radius 3 is 2.76 bits per heavy atom. The van der Waals surface area contributed by atoms with Gasteiger partial charge in [0.05, 0.1) is 0 Å². The molecule has 0 aliphatic carbocycles. The lowest BCUT2D eigenvalue weighted by molar-refractivity contribution is -0.135. The van der Waals surface area contributed by atoms with Gasteiger partial charge in [0.25, 0.3) is 0 Å². The number of carbonyl (C=O) groups is 2. The Balaban J connectivity index is 2.64. The van der Waals surface area contributed by atoms with E-state index in [1.807, 2.05) is 6.26 Å². The van der Waals surface area contributed by atoms with Crippen molar-refractivity contribution in [3.05, 3.63) is 29.3 Å². The number of amides is 2. The predicted molar refractivity (Wildman–Crippen MR) is 87.4 cm³/mol. The van der Waals surface area contributed by atoms with E-state index in [1.165, 1.54) is 4.90 Å². The number of rotatable bonds is 8. The summed E-state index contributed by atoms with van der Waals surface area (Å²) in [4.78, 5) is 24.2. The zero-order valence-electron chi connectivity index (χ0n) is 11.8. The molecule has 2 amide bonds. The molecule has 2 N–H and O–H groups in total. The fraction of sp³-hybridized carbons (Fsp3) is 0.429. The van der Waals surface area contributed by atoms with Crippen molar-refractivity contribution in [1.82, 2.24) is 5.32 Å². The number of nitrogens with zero attached hydrogens (tertiary/aromatic N) is 1. The van der Waals surface area contributed by atoms with Gasteiger partial charge in [-0.1, -0.05) is 17.7 Å². The lowest BCUT2D eigenvalue weighted by atomic mass is 10.3. The normalized spacial score (nSPS) is 10.2. The Labute approximate surface area is 133 Å². The van der Waals surface area contributed by atoms with Crippen LogP contribution in [-0.4, -0.2) is 42.2 Å². The number of hydrogen-bond donors (Lipinski definition) is 2. The quantitative estimate of drug-likeness (QED) is 0.719. The van der Waals surface area contributed by atoms with Crippen LogP contribution in [0.1, 0.15) is 12.8 Å². The van der Waals surface area contributed by atoms with E-state index in [-0.39, 0.29) is 0 Å². The first-order chi connectivity index (χ1) is 10.0. The molecule has 1 rings (SSSR count). The summed E-state index contributed by atoms with van der Waals surface area (Å²) < 4.78 is 0. The number of aliphatic carboxylic acids is 1. The van der Waals surface area contributed by atoms with Crippen molar-refractivity contribution in [3.8, 4) is 0 Å². The smallest absolute Gasteiger partial charge is 0.323 e. The lowest BCUT2D eigenvalue weighted by Crippen LogP contribution is -2.43. The standard InChI is InChI=1S/C14H19ClN2O3S/c1-21-8-3-2-7-16-14(20)17(10-13(18)19)12-6-4-5-11(15)9-12/h4-6,9H,2-3,7-8,10H2,1H3,(H,16,20)(H,18,19). The van der Waals surface area contributed by atoms with Crippen molar-refractivity contribution in [2.45, 2.75) is 12.8 Å². The fourth-order valence-corrected chi connectivity index (χ4v) is 2.40. The maximum atomic E-state index is 12.1. The van der Waals surface area contributed by atoms with Crippen LogP contribution in [0.15, 0.2) is 24.3 Å². The number of nitrogens with one attached hydrogen (secondary N) is 1. The van der Waals surface area contributed by atoms with Crippen molar-refractivity contribution in [1.29, 1.82) is 0 Å². The molecule has 0 aliphatic heterocycles. The van der Waals surface area contributed by atoms with E-state index < -0.39 is 18.5 Å². The molecule has 0 aliphatic rings. The average Bonchev–Trinajstić information content (AvgIpc) is 2.44. The second-order valence-corrected chi connectivity index (χ2v) is 5.81. The van der Waals surface area contributed by atoms with Crippen molar-refractivity contribution >= 4 is 41.1 Å². The lowest BCUT2D eigenvalue weighted by Gasteiger charge is -2.21. The maximum Gasteiger partial charge on any atom is 0.323 e. The molecule has 0 heterocycles. The molecule has 1 aromatic carbocycles. The first-order valence-corrected chi connectivity index (χ1v) is 8.33. The summed E-state index contributed by atoms with van der Waals surface area (Å²) >= 11 is 7.64. The molecule has 21 heavy (non-hydrogen) atoms. The number of carboxylic acid groups (broad SMARTS) is 1. The molecular weight excluding hydrogens is 312 g/mol. The molecule has 0 fully saturated rings. The molecule has 0 spiro atoms. The zero-order valence-corrected chi connectivity index (χ0v) is 13.4. The van der Waals surface area contributed by atoms with Crippen LogP contribution in [0.4, 0.5) is 10.5 Å². The maximum absolute atomic E-state index is 12.1. The zero-order chi connectivity index (χ0) is 15.7. The minimum atomic E-state index is -1.08. The van der Waals surface area contributed by atoms with Crippen LogP contribution in [0.5, 0.6) is 0 Å². The molecule has 5 nitrogen and oxygen atoms in total. The van der Waals surface area contributed by atoms with Crippen LogP contribution < -0.4 is 10.2 Å². The molecule has 0 unspecified atom stereocenters. The van der Waals surface area contributed by atoms with Crippen molar-refractivity contribution < 1.29 is 14.7 Å². The van der Waals surface area contributed by atoms with E-state index in [2.05, 4.69) is 5.32 Å². The Bertz CT molecular complexity index is 485. The van der Waals surface area contributed by atoms with Crippen LogP contribution in [0.2, 0.25) is 5.02 Å². The van der Waals surface area contributed by atoms with E-state index >= 15 is 0 Å². The van der Waals surface area contributed by atoms with Gasteiger partial charge in [0.1, 0.15) is 6.54 Å². The monoisotopic (exact) mass is 330 g/mol. The number of carboxylic acids is 1. The number of thioether (sulfide) groups is 1. The topological polar surface area (TPSA) is 69.6 Å². The van der Waals surface area contributed by atoms with Crippen molar-refractivity contribution in [3.63, 3.8) is 0 Å². The summed E-state index contributed by atoms with van der Waals surface area (Å²) in [7, 11) is 0. The second-order valence-electron chi connectivity index (χ2n) is 4.39. The number of benzene rings is 1. The number of hydrogen-bond acceptors (Lipinski definition) is 3. The largest absolute Gasteiger partial charge is 0.480 e. The number of anilines is 1. The van der Waals surface area contributed by atoms with Crippen LogP contribution in [-0.2, 0) is 4.79 Å². The average molecular weight is 331 g/mol. The van der Waals surface area contributed by atoms with E-state index in [0.29, 0.717) is 17.3 Å². The molecule has 116 valence electrons. The fourth-order valence-electron chi connectivity index (χ4n) is 1.72. The van der Waals surface area contributed by atoms with Gasteiger partial charge in [0.15, 0.2) is 0 Å². The Hall–Kier alpha value is -1.40. The third-order valence-electron chi connectivity index (χ3n) is 2.71. The highest BCUT2D eigenvalue weighted by Gasteiger charge is 2.18. The predicted octanol–water partition coefficient (Wildman–Crippen LogP) is 3.08. The number of unbranched alkanes of at least 4 members (excludes halogenated alkanes) is 1. The van der Waals surface area contributed by atoms with Gasteiger partial charge in [-0.15, -0.1) is 0 Å². The van der Waals surface area contributed by atoms with Crippen molar-refractivity contribution in [2.75, 3.05) is 30.0 Å². The van der Waals surface area contributed by atoms with Gasteiger partial charge in [-0.25, -0.2) is 4.79 Å². The molecule has 0 radical (unpaired) electrons. The van der Waals surface area contributed by atoms with Gasteiger partial charge < -0.3 is 10.4 Å². The molecule has 0 atom stereocenters. The van der Waals surface area contributed by atoms with Gasteiger partial charge >= 0.3 is 12.0 Å². The SMILES string of the molecule is CSCCCCNC(=O)N(CC(=O)O)c1cccc(Cl)c1. The molecule has 1 aromatic rings. The molecule has 7 heteroatoms. The summed E-state index contributed by atoms with van der Waals surface area (Å²) in [6.45, 7) is 0.118. The van der Waals surface area contributed by atoms with E-state index in [0.717, 1.165) is 18.6 Å². The Morgan fingerprint density at radius 2 is 2.14 bits per heavy atom. The third-order valence-corrected chi connectivity index (χ3v) is 3.64. The number of urea groups is 1. The van der Waals surface area contributed by atoms with Gasteiger partial charge in [0, 0.05) is 17.3 Å². The van der Waals surface area contributed by atoms with Gasteiger partial charge in [0.2, 0.25) is 0 Å². The van der Waals surface area contributed by atoms with Gasteiger partial charge in [-0.3, -0.25) is 9.69 Å². The van der Waals surface area contributed by atoms with Crippen LogP contribution >= 0.6 is 23.4 Å². The minimum absolute atomic E-state index is 0.406. The minimum Gasteiger partial charge on any atom is -0.480 e. The Kier molecular flexibility index (Phi) is 8.00. The van der Waals surface area contributed by atoms with Crippen LogP contribution in [0, 0.1) is 0 Å². The summed E-state index contributed by atoms with van der Waals surface area (Å²) in [6, 6.07) is 6.14. The summed E-state index contributed by atoms with van der Waals surface area (Å²) in [5.74, 6) is -0.0317. The van der Waals surface area contributed by atoms with Crippen molar-refractivity contribution in [2.24, 2.45) is 0 Å². The number of halogens is 1. The molecular formula is C14H19ClN2O3S. The molecule has 0 aromatic heterocycles. The highest BCUT2D eigenvalue weighted by Crippen LogP contribution is 2.19. The molecule has 0 saturated carbocycles. The highest BCUT2D eigenvalue weighted by molar-refractivity contribution is 7.98. The molecule has 0 bridgehead atoms.